The van der Waals surface area contributed by atoms with Crippen molar-refractivity contribution in [3.05, 3.63) is 83.8 Å². The number of amides is 1. The third-order valence-corrected chi connectivity index (χ3v) is 7.31. The molecule has 8 nitrogen and oxygen atoms in total. The first-order chi connectivity index (χ1) is 18.6. The van der Waals surface area contributed by atoms with E-state index in [1.807, 2.05) is 48.4 Å². The van der Waals surface area contributed by atoms with E-state index in [-0.39, 0.29) is 12.3 Å². The number of oxazole rings is 1. The summed E-state index contributed by atoms with van der Waals surface area (Å²) in [7, 11) is 1.65. The van der Waals surface area contributed by atoms with E-state index >= 15 is 0 Å². The van der Waals surface area contributed by atoms with Crippen LogP contribution >= 0.6 is 0 Å². The van der Waals surface area contributed by atoms with Crippen molar-refractivity contribution < 1.29 is 13.9 Å². The first kappa shape index (κ1) is 24.2. The predicted molar refractivity (Wildman–Crippen MR) is 147 cm³/mol. The minimum Gasteiger partial charge on any atom is -0.497 e. The molecule has 4 aromatic rings. The number of hydrogen-bond donors (Lipinski definition) is 1. The number of aryl methyl sites for hydroxylation is 1. The standard InChI is InChI=1S/C30H31N5O3/c1-20-16-32-30(38-20)24-13-23-6-5-22(25-17-33-35(19-25)26-9-11-31-12-10-26)14-28(23)34(29(36)15-24)18-21-3-7-27(37-2)8-4-21/h3-8,13-14,16-17,19,26,31H,9-12,15,18H2,1-2H3. The lowest BCUT2D eigenvalue weighted by molar-refractivity contribution is -0.117. The number of fused-ring (bicyclic) bond motifs is 1. The van der Waals surface area contributed by atoms with Crippen LogP contribution in [0.2, 0.25) is 0 Å². The summed E-state index contributed by atoms with van der Waals surface area (Å²) in [4.78, 5) is 20.0. The molecule has 0 saturated carbocycles. The zero-order chi connectivity index (χ0) is 26.1. The number of piperidine rings is 1. The third kappa shape index (κ3) is 4.87. The molecule has 1 amide bonds. The molecule has 38 heavy (non-hydrogen) atoms. The molecule has 1 fully saturated rings. The number of carbonyl (C=O) groups excluding carboxylic acids is 1. The number of aromatic nitrogens is 3. The second-order valence-electron chi connectivity index (χ2n) is 9.91. The second-order valence-corrected chi connectivity index (χ2v) is 9.91. The Morgan fingerprint density at radius 2 is 1.89 bits per heavy atom. The lowest BCUT2D eigenvalue weighted by Gasteiger charge is -2.24. The van der Waals surface area contributed by atoms with Gasteiger partial charge in [0, 0.05) is 17.3 Å². The number of carbonyl (C=O) groups is 1. The average Bonchev–Trinajstić information content (AvgIpc) is 3.59. The maximum absolute atomic E-state index is 13.7. The van der Waals surface area contributed by atoms with E-state index in [1.165, 1.54) is 0 Å². The number of nitrogens with one attached hydrogen (secondary N) is 1. The van der Waals surface area contributed by atoms with Crippen molar-refractivity contribution in [2.75, 3.05) is 25.1 Å². The minimum atomic E-state index is -0.00998. The summed E-state index contributed by atoms with van der Waals surface area (Å²) in [5.41, 5.74) is 5.67. The van der Waals surface area contributed by atoms with Gasteiger partial charge in [0.25, 0.3) is 0 Å². The summed E-state index contributed by atoms with van der Waals surface area (Å²) in [5, 5.41) is 8.10. The van der Waals surface area contributed by atoms with Crippen LogP contribution in [-0.4, -0.2) is 40.9 Å². The van der Waals surface area contributed by atoms with Gasteiger partial charge in [0.15, 0.2) is 0 Å². The summed E-state index contributed by atoms with van der Waals surface area (Å²) in [5.74, 6) is 1.98. The van der Waals surface area contributed by atoms with Crippen LogP contribution in [0.15, 0.2) is 65.5 Å². The molecule has 0 atom stereocenters. The highest BCUT2D eigenvalue weighted by atomic mass is 16.5. The smallest absolute Gasteiger partial charge is 0.231 e. The minimum absolute atomic E-state index is 0.00998. The van der Waals surface area contributed by atoms with Crippen LogP contribution in [0.1, 0.15) is 48.1 Å². The first-order valence-corrected chi connectivity index (χ1v) is 13.0. The van der Waals surface area contributed by atoms with Crippen molar-refractivity contribution in [1.29, 1.82) is 0 Å². The van der Waals surface area contributed by atoms with Gasteiger partial charge in [-0.1, -0.05) is 24.3 Å². The van der Waals surface area contributed by atoms with E-state index < -0.39 is 0 Å². The Morgan fingerprint density at radius 1 is 1.08 bits per heavy atom. The average molecular weight is 510 g/mol. The molecular weight excluding hydrogens is 478 g/mol. The van der Waals surface area contributed by atoms with Crippen LogP contribution in [0.5, 0.6) is 5.75 Å². The topological polar surface area (TPSA) is 85.4 Å². The second kappa shape index (κ2) is 10.3. The van der Waals surface area contributed by atoms with E-state index in [2.05, 4.69) is 44.5 Å². The molecule has 194 valence electrons. The Balaban J connectivity index is 1.38. The molecule has 6 rings (SSSR count). The summed E-state index contributed by atoms with van der Waals surface area (Å²) in [6.07, 6.45) is 10.1. The van der Waals surface area contributed by atoms with Gasteiger partial charge in [0.05, 0.1) is 44.2 Å². The van der Waals surface area contributed by atoms with Gasteiger partial charge in [-0.2, -0.15) is 5.10 Å². The van der Waals surface area contributed by atoms with Crippen molar-refractivity contribution in [2.45, 2.75) is 38.8 Å². The third-order valence-electron chi connectivity index (χ3n) is 7.31. The van der Waals surface area contributed by atoms with Crippen molar-refractivity contribution in [1.82, 2.24) is 20.1 Å². The largest absolute Gasteiger partial charge is 0.497 e. The monoisotopic (exact) mass is 509 g/mol. The van der Waals surface area contributed by atoms with Crippen molar-refractivity contribution >= 4 is 23.2 Å². The quantitative estimate of drug-likeness (QED) is 0.382. The van der Waals surface area contributed by atoms with Crippen LogP contribution in [0.3, 0.4) is 0 Å². The van der Waals surface area contributed by atoms with Gasteiger partial charge >= 0.3 is 0 Å². The fourth-order valence-corrected chi connectivity index (χ4v) is 5.20. The molecule has 0 unspecified atom stereocenters. The summed E-state index contributed by atoms with van der Waals surface area (Å²) in [6.45, 7) is 4.33. The maximum atomic E-state index is 13.7. The van der Waals surface area contributed by atoms with Crippen LogP contribution in [0, 0.1) is 6.92 Å². The molecule has 2 aromatic heterocycles. The first-order valence-electron chi connectivity index (χ1n) is 13.0. The van der Waals surface area contributed by atoms with Gasteiger partial charge in [-0.05, 0) is 73.8 Å². The number of benzene rings is 2. The molecule has 4 heterocycles. The fourth-order valence-electron chi connectivity index (χ4n) is 5.20. The SMILES string of the molecule is COc1ccc(CN2C(=O)CC(c3ncc(C)o3)=Cc3ccc(-c4cnn(C5CCNCC5)c4)cc32)cc1. The Kier molecular flexibility index (Phi) is 6.55. The molecule has 0 spiro atoms. The van der Waals surface area contributed by atoms with Crippen molar-refractivity contribution in [3.8, 4) is 16.9 Å². The van der Waals surface area contributed by atoms with Crippen LogP contribution in [-0.2, 0) is 11.3 Å². The number of ether oxygens (including phenoxy) is 1. The Morgan fingerprint density at radius 3 is 2.63 bits per heavy atom. The number of anilines is 1. The van der Waals surface area contributed by atoms with Gasteiger partial charge < -0.3 is 19.4 Å². The number of methoxy groups -OCH3 is 1. The Bertz CT molecular complexity index is 1480. The molecule has 2 aliphatic heterocycles. The summed E-state index contributed by atoms with van der Waals surface area (Å²) >= 11 is 0. The molecule has 0 aliphatic carbocycles. The van der Waals surface area contributed by atoms with Gasteiger partial charge in [-0.15, -0.1) is 0 Å². The lowest BCUT2D eigenvalue weighted by atomic mass is 10.0. The summed E-state index contributed by atoms with van der Waals surface area (Å²) < 4.78 is 13.2. The molecule has 0 bridgehead atoms. The number of nitrogens with zero attached hydrogens (tertiary/aromatic N) is 4. The van der Waals surface area contributed by atoms with E-state index in [9.17, 15) is 4.79 Å². The molecule has 1 saturated heterocycles. The zero-order valence-electron chi connectivity index (χ0n) is 21.7. The predicted octanol–water partition coefficient (Wildman–Crippen LogP) is 5.26. The molecule has 8 heteroatoms. The van der Waals surface area contributed by atoms with Crippen LogP contribution in [0.4, 0.5) is 5.69 Å². The van der Waals surface area contributed by atoms with E-state index in [0.717, 1.165) is 65.2 Å². The van der Waals surface area contributed by atoms with Gasteiger partial charge in [-0.25, -0.2) is 4.98 Å². The van der Waals surface area contributed by atoms with Gasteiger partial charge in [-0.3, -0.25) is 9.48 Å². The normalized spacial score (nSPS) is 16.2. The number of rotatable bonds is 6. The maximum Gasteiger partial charge on any atom is 0.231 e. The van der Waals surface area contributed by atoms with Crippen LogP contribution < -0.4 is 15.0 Å². The Hall–Kier alpha value is -4.17. The van der Waals surface area contributed by atoms with Crippen molar-refractivity contribution in [2.24, 2.45) is 0 Å². The highest BCUT2D eigenvalue weighted by Gasteiger charge is 2.26. The molecule has 2 aliphatic rings. The van der Waals surface area contributed by atoms with E-state index in [1.54, 1.807) is 13.3 Å². The summed E-state index contributed by atoms with van der Waals surface area (Å²) in [6, 6.07) is 14.5. The van der Waals surface area contributed by atoms with Gasteiger partial charge in [0.2, 0.25) is 11.8 Å². The molecule has 1 N–H and O–H groups in total. The number of hydrogen-bond acceptors (Lipinski definition) is 6. The van der Waals surface area contributed by atoms with E-state index in [4.69, 9.17) is 9.15 Å². The van der Waals surface area contributed by atoms with Gasteiger partial charge in [0.1, 0.15) is 11.5 Å². The molecular formula is C30H31N5O3. The van der Waals surface area contributed by atoms with Crippen LogP contribution in [0.25, 0.3) is 22.8 Å². The Labute approximate surface area is 221 Å². The molecule has 0 radical (unpaired) electrons. The van der Waals surface area contributed by atoms with Crippen molar-refractivity contribution in [3.63, 3.8) is 0 Å². The fraction of sp³-hybridized carbons (Fsp3) is 0.300. The zero-order valence-corrected chi connectivity index (χ0v) is 21.7. The molecule has 2 aromatic carbocycles. The highest BCUT2D eigenvalue weighted by molar-refractivity contribution is 6.06. The lowest BCUT2D eigenvalue weighted by Crippen LogP contribution is -2.30. The van der Waals surface area contributed by atoms with E-state index in [0.29, 0.717) is 24.2 Å². The highest BCUT2D eigenvalue weighted by Crippen LogP contribution is 2.37.